The number of methoxy groups -OCH3 is 2. The standard InChI is InChI=1S/C21H29N3O3S/c1-14-7-9-24(10-8-14)13-19-15(2)22-21(28-19)23-20(25)12-16-5-6-17(26-3)18(11-16)27-4/h5-6,11,14H,7-10,12-13H2,1-4H3,(H,22,23,25). The zero-order valence-electron chi connectivity index (χ0n) is 17.1. The van der Waals surface area contributed by atoms with Gasteiger partial charge in [0.05, 0.1) is 26.3 Å². The van der Waals surface area contributed by atoms with Gasteiger partial charge in [0.1, 0.15) is 0 Å². The molecule has 0 radical (unpaired) electrons. The summed E-state index contributed by atoms with van der Waals surface area (Å²) < 4.78 is 10.5. The highest BCUT2D eigenvalue weighted by molar-refractivity contribution is 7.15. The quantitative estimate of drug-likeness (QED) is 0.760. The molecule has 0 spiro atoms. The average molecular weight is 404 g/mol. The molecule has 1 fully saturated rings. The Labute approximate surface area is 170 Å². The van der Waals surface area contributed by atoms with Gasteiger partial charge < -0.3 is 14.8 Å². The molecular formula is C21H29N3O3S. The van der Waals surface area contributed by atoms with E-state index in [0.717, 1.165) is 36.8 Å². The lowest BCUT2D eigenvalue weighted by molar-refractivity contribution is -0.115. The number of carbonyl (C=O) groups excluding carboxylic acids is 1. The molecule has 1 N–H and O–H groups in total. The molecule has 28 heavy (non-hydrogen) atoms. The van der Waals surface area contributed by atoms with Gasteiger partial charge in [-0.2, -0.15) is 0 Å². The molecule has 0 bridgehead atoms. The summed E-state index contributed by atoms with van der Waals surface area (Å²) in [5, 5.41) is 3.61. The maximum absolute atomic E-state index is 12.5. The normalized spacial score (nSPS) is 15.4. The fraction of sp³-hybridized carbons (Fsp3) is 0.524. The number of benzene rings is 1. The molecule has 1 amide bonds. The number of carbonyl (C=O) groups is 1. The highest BCUT2D eigenvalue weighted by Gasteiger charge is 2.19. The fourth-order valence-electron chi connectivity index (χ4n) is 3.39. The minimum absolute atomic E-state index is 0.0840. The number of thiazole rings is 1. The molecule has 0 unspecified atom stereocenters. The first-order valence-corrected chi connectivity index (χ1v) is 10.5. The minimum Gasteiger partial charge on any atom is -0.493 e. The molecule has 1 aromatic carbocycles. The van der Waals surface area contributed by atoms with E-state index in [1.165, 1.54) is 17.7 Å². The Kier molecular flexibility index (Phi) is 6.91. The van der Waals surface area contributed by atoms with Crippen LogP contribution in [0.15, 0.2) is 18.2 Å². The number of ether oxygens (including phenoxy) is 2. The molecule has 1 aliphatic rings. The van der Waals surface area contributed by atoms with E-state index in [9.17, 15) is 4.79 Å². The van der Waals surface area contributed by atoms with E-state index in [1.807, 2.05) is 25.1 Å². The molecule has 2 heterocycles. The molecule has 1 aliphatic heterocycles. The largest absolute Gasteiger partial charge is 0.493 e. The molecule has 2 aromatic rings. The van der Waals surface area contributed by atoms with Crippen LogP contribution in [0.25, 0.3) is 0 Å². The topological polar surface area (TPSA) is 63.7 Å². The smallest absolute Gasteiger partial charge is 0.230 e. The van der Waals surface area contributed by atoms with Gasteiger partial charge in [0, 0.05) is 11.4 Å². The zero-order chi connectivity index (χ0) is 20.1. The minimum atomic E-state index is -0.0840. The van der Waals surface area contributed by atoms with E-state index in [4.69, 9.17) is 9.47 Å². The molecule has 0 saturated carbocycles. The first-order chi connectivity index (χ1) is 13.5. The Morgan fingerprint density at radius 2 is 1.96 bits per heavy atom. The molecule has 1 saturated heterocycles. The van der Waals surface area contributed by atoms with Crippen LogP contribution in [0.3, 0.4) is 0 Å². The lowest BCUT2D eigenvalue weighted by atomic mass is 9.99. The third-order valence-electron chi connectivity index (χ3n) is 5.20. The third-order valence-corrected chi connectivity index (χ3v) is 6.25. The number of hydrogen-bond acceptors (Lipinski definition) is 6. The van der Waals surface area contributed by atoms with Gasteiger partial charge in [-0.05, 0) is 56.5 Å². The monoisotopic (exact) mass is 403 g/mol. The van der Waals surface area contributed by atoms with Crippen LogP contribution >= 0.6 is 11.3 Å². The number of nitrogens with one attached hydrogen (secondary N) is 1. The van der Waals surface area contributed by atoms with Crippen LogP contribution < -0.4 is 14.8 Å². The Morgan fingerprint density at radius 3 is 2.64 bits per heavy atom. The molecule has 1 aromatic heterocycles. The van der Waals surface area contributed by atoms with Crippen LogP contribution in [0.2, 0.25) is 0 Å². The summed E-state index contributed by atoms with van der Waals surface area (Å²) >= 11 is 1.58. The molecule has 0 aliphatic carbocycles. The van der Waals surface area contributed by atoms with Crippen molar-refractivity contribution in [1.82, 2.24) is 9.88 Å². The van der Waals surface area contributed by atoms with Gasteiger partial charge in [-0.15, -0.1) is 11.3 Å². The van der Waals surface area contributed by atoms with E-state index in [0.29, 0.717) is 16.6 Å². The van der Waals surface area contributed by atoms with E-state index in [-0.39, 0.29) is 12.3 Å². The van der Waals surface area contributed by atoms with Crippen molar-refractivity contribution in [2.45, 2.75) is 39.7 Å². The second-order valence-corrected chi connectivity index (χ2v) is 8.48. The summed E-state index contributed by atoms with van der Waals surface area (Å²) in [7, 11) is 3.18. The summed E-state index contributed by atoms with van der Waals surface area (Å²) in [5.74, 6) is 2.01. The van der Waals surface area contributed by atoms with Crippen LogP contribution in [0.1, 0.15) is 35.9 Å². The summed E-state index contributed by atoms with van der Waals surface area (Å²) in [4.78, 5) is 20.7. The summed E-state index contributed by atoms with van der Waals surface area (Å²) in [5.41, 5.74) is 1.87. The number of hydrogen-bond donors (Lipinski definition) is 1. The van der Waals surface area contributed by atoms with Gasteiger partial charge in [-0.3, -0.25) is 9.69 Å². The van der Waals surface area contributed by atoms with Crippen molar-refractivity contribution in [3.8, 4) is 11.5 Å². The van der Waals surface area contributed by atoms with Gasteiger partial charge in [0.25, 0.3) is 0 Å². The lowest BCUT2D eigenvalue weighted by Crippen LogP contribution is -2.32. The first kappa shape index (κ1) is 20.6. The van der Waals surface area contributed by atoms with Gasteiger partial charge >= 0.3 is 0 Å². The molecule has 3 rings (SSSR count). The highest BCUT2D eigenvalue weighted by atomic mass is 32.1. The summed E-state index contributed by atoms with van der Waals surface area (Å²) in [6.07, 6.45) is 2.78. The van der Waals surface area contributed by atoms with E-state index >= 15 is 0 Å². The van der Waals surface area contributed by atoms with Crippen molar-refractivity contribution >= 4 is 22.4 Å². The number of rotatable bonds is 7. The van der Waals surface area contributed by atoms with E-state index in [2.05, 4.69) is 22.1 Å². The van der Waals surface area contributed by atoms with Gasteiger partial charge in [0.2, 0.25) is 5.91 Å². The van der Waals surface area contributed by atoms with E-state index in [1.54, 1.807) is 25.6 Å². The number of nitrogens with zero attached hydrogens (tertiary/aromatic N) is 2. The van der Waals surface area contributed by atoms with Gasteiger partial charge in [-0.1, -0.05) is 13.0 Å². The van der Waals surface area contributed by atoms with Crippen LogP contribution in [0.5, 0.6) is 11.5 Å². The van der Waals surface area contributed by atoms with Crippen LogP contribution in [-0.4, -0.2) is 43.1 Å². The van der Waals surface area contributed by atoms with Crippen LogP contribution in [-0.2, 0) is 17.8 Å². The SMILES string of the molecule is COc1ccc(CC(=O)Nc2nc(C)c(CN3CCC(C)CC3)s2)cc1OC. The molecule has 152 valence electrons. The maximum atomic E-state index is 12.5. The lowest BCUT2D eigenvalue weighted by Gasteiger charge is -2.29. The zero-order valence-corrected chi connectivity index (χ0v) is 17.9. The maximum Gasteiger partial charge on any atom is 0.230 e. The van der Waals surface area contributed by atoms with Crippen molar-refractivity contribution in [2.75, 3.05) is 32.6 Å². The third kappa shape index (κ3) is 5.23. The second-order valence-electron chi connectivity index (χ2n) is 7.40. The van der Waals surface area contributed by atoms with Crippen molar-refractivity contribution in [3.05, 3.63) is 34.3 Å². The van der Waals surface area contributed by atoms with Crippen molar-refractivity contribution in [1.29, 1.82) is 0 Å². The Hall–Kier alpha value is -2.12. The predicted molar refractivity (Wildman–Crippen MR) is 112 cm³/mol. The first-order valence-electron chi connectivity index (χ1n) is 9.68. The van der Waals surface area contributed by atoms with Crippen LogP contribution in [0.4, 0.5) is 5.13 Å². The van der Waals surface area contributed by atoms with E-state index < -0.39 is 0 Å². The Balaban J connectivity index is 1.58. The Morgan fingerprint density at radius 1 is 1.25 bits per heavy atom. The van der Waals surface area contributed by atoms with Gasteiger partial charge in [0.15, 0.2) is 16.6 Å². The van der Waals surface area contributed by atoms with Crippen LogP contribution in [0, 0.1) is 12.8 Å². The number of piperidine rings is 1. The molecular weight excluding hydrogens is 374 g/mol. The number of likely N-dealkylation sites (tertiary alicyclic amines) is 1. The van der Waals surface area contributed by atoms with Crippen molar-refractivity contribution in [2.24, 2.45) is 5.92 Å². The van der Waals surface area contributed by atoms with Crippen molar-refractivity contribution in [3.63, 3.8) is 0 Å². The van der Waals surface area contributed by atoms with Gasteiger partial charge in [-0.25, -0.2) is 4.98 Å². The number of anilines is 1. The Bertz CT molecular complexity index is 813. The second kappa shape index (κ2) is 9.39. The molecule has 0 atom stereocenters. The van der Waals surface area contributed by atoms with Crippen molar-refractivity contribution < 1.29 is 14.3 Å². The summed E-state index contributed by atoms with van der Waals surface area (Å²) in [6, 6.07) is 5.51. The number of amides is 1. The fourth-order valence-corrected chi connectivity index (χ4v) is 4.41. The predicted octanol–water partition coefficient (Wildman–Crippen LogP) is 3.88. The summed E-state index contributed by atoms with van der Waals surface area (Å²) in [6.45, 7) is 7.53. The number of aromatic nitrogens is 1. The highest BCUT2D eigenvalue weighted by Crippen LogP contribution is 2.29. The number of aryl methyl sites for hydroxylation is 1. The molecule has 6 nitrogen and oxygen atoms in total. The average Bonchev–Trinajstić information content (AvgIpc) is 3.02. The molecule has 7 heteroatoms.